The van der Waals surface area contributed by atoms with E-state index in [1.165, 1.54) is 41.3 Å². The van der Waals surface area contributed by atoms with Gasteiger partial charge in [-0.3, -0.25) is 14.4 Å². The summed E-state index contributed by atoms with van der Waals surface area (Å²) in [7, 11) is 0. The number of carbonyl (C=O) groups is 3. The molecule has 4 atom stereocenters. The van der Waals surface area contributed by atoms with Crippen LogP contribution in [0.5, 0.6) is 0 Å². The summed E-state index contributed by atoms with van der Waals surface area (Å²) in [4.78, 5) is 42.9. The van der Waals surface area contributed by atoms with Crippen molar-refractivity contribution >= 4 is 17.6 Å². The number of benzene rings is 4. The molecule has 4 aromatic rings. The number of Topliss-reactive ketones (excluding diaryl/α,β-unsaturated/α-hetero) is 1. The van der Waals surface area contributed by atoms with Crippen LogP contribution in [0.3, 0.4) is 0 Å². The second-order valence-corrected chi connectivity index (χ2v) is 9.76. The molecule has 1 aliphatic rings. The summed E-state index contributed by atoms with van der Waals surface area (Å²) in [6, 6.07) is 24.5. The van der Waals surface area contributed by atoms with Gasteiger partial charge < -0.3 is 10.6 Å². The zero-order valence-corrected chi connectivity index (χ0v) is 21.1. The van der Waals surface area contributed by atoms with Gasteiger partial charge in [0.2, 0.25) is 5.91 Å². The van der Waals surface area contributed by atoms with Crippen LogP contribution in [0.25, 0.3) is 0 Å². The van der Waals surface area contributed by atoms with Crippen molar-refractivity contribution in [3.05, 3.63) is 143 Å². The van der Waals surface area contributed by atoms with Crippen LogP contribution in [0, 0.1) is 24.5 Å². The highest BCUT2D eigenvalue weighted by atomic mass is 19.1. The molecule has 0 bridgehead atoms. The van der Waals surface area contributed by atoms with Crippen LogP contribution >= 0.6 is 0 Å². The number of hydrogen-bond donors (Lipinski definition) is 1. The number of ketones is 1. The number of likely N-dealkylation sites (tertiary alicyclic amines) is 1. The Bertz CT molecular complexity index is 1520. The zero-order valence-electron chi connectivity index (χ0n) is 21.1. The van der Waals surface area contributed by atoms with E-state index in [9.17, 15) is 23.2 Å². The highest BCUT2D eigenvalue weighted by Gasteiger charge is 2.57. The van der Waals surface area contributed by atoms with Crippen molar-refractivity contribution in [2.45, 2.75) is 24.9 Å². The molecule has 0 radical (unpaired) electrons. The van der Waals surface area contributed by atoms with Gasteiger partial charge in [-0.25, -0.2) is 8.78 Å². The molecule has 0 aromatic heterocycles. The molecule has 4 aromatic carbocycles. The fourth-order valence-electron chi connectivity index (χ4n) is 5.61. The molecule has 4 unspecified atom stereocenters. The monoisotopic (exact) mass is 524 g/mol. The predicted molar refractivity (Wildman–Crippen MR) is 143 cm³/mol. The Morgan fingerprint density at radius 2 is 1.33 bits per heavy atom. The minimum Gasteiger partial charge on any atom is -0.368 e. The van der Waals surface area contributed by atoms with Crippen LogP contribution in [-0.2, 0) is 4.79 Å². The maximum absolute atomic E-state index is 14.3. The number of primary amides is 1. The summed E-state index contributed by atoms with van der Waals surface area (Å²) in [5, 5.41) is 0. The Hall–Kier alpha value is -4.65. The SMILES string of the molecule is Cc1cccc(C(=O)C2C(c3ccc(F)cc3)C(C(N)=O)N(C(=O)c3ccc(F)cc3)C2c2ccccc2)c1. The van der Waals surface area contributed by atoms with Gasteiger partial charge in [0.05, 0.1) is 12.0 Å². The number of carbonyl (C=O) groups excluding carboxylic acids is 3. The topological polar surface area (TPSA) is 80.5 Å². The van der Waals surface area contributed by atoms with E-state index in [4.69, 9.17) is 5.73 Å². The molecule has 7 heteroatoms. The number of halogens is 2. The first-order valence-corrected chi connectivity index (χ1v) is 12.5. The molecular formula is C32H26F2N2O3. The third-order valence-electron chi connectivity index (χ3n) is 7.29. The number of nitrogens with zero attached hydrogens (tertiary/aromatic N) is 1. The van der Waals surface area contributed by atoms with Crippen LogP contribution in [0.2, 0.25) is 0 Å². The van der Waals surface area contributed by atoms with Gasteiger partial charge in [-0.15, -0.1) is 0 Å². The number of hydrogen-bond acceptors (Lipinski definition) is 3. The first-order chi connectivity index (χ1) is 18.8. The van der Waals surface area contributed by atoms with Crippen LogP contribution in [0.15, 0.2) is 103 Å². The van der Waals surface area contributed by atoms with Crippen molar-refractivity contribution in [1.82, 2.24) is 4.90 Å². The standard InChI is InChI=1S/C32H26F2N2O3/c1-19-6-5-9-23(18-19)30(37)27-26(20-10-14-24(33)15-11-20)29(31(35)38)36(28(27)21-7-3-2-4-8-21)32(39)22-12-16-25(34)17-13-22/h2-18,26-29H,1H3,(H2,35,38). The third-order valence-corrected chi connectivity index (χ3v) is 7.29. The van der Waals surface area contributed by atoms with Crippen molar-refractivity contribution in [2.75, 3.05) is 0 Å². The third kappa shape index (κ3) is 4.95. The van der Waals surface area contributed by atoms with E-state index in [2.05, 4.69) is 0 Å². The second-order valence-electron chi connectivity index (χ2n) is 9.76. The average molecular weight is 525 g/mol. The van der Waals surface area contributed by atoms with Crippen molar-refractivity contribution in [2.24, 2.45) is 11.7 Å². The maximum Gasteiger partial charge on any atom is 0.255 e. The van der Waals surface area contributed by atoms with E-state index >= 15 is 0 Å². The van der Waals surface area contributed by atoms with Crippen LogP contribution in [-0.4, -0.2) is 28.5 Å². The molecule has 39 heavy (non-hydrogen) atoms. The van der Waals surface area contributed by atoms with E-state index in [0.717, 1.165) is 17.7 Å². The van der Waals surface area contributed by atoms with E-state index in [0.29, 0.717) is 16.7 Å². The molecule has 5 nitrogen and oxygen atoms in total. The zero-order chi connectivity index (χ0) is 27.7. The highest BCUT2D eigenvalue weighted by Crippen LogP contribution is 2.51. The second kappa shape index (κ2) is 10.6. The van der Waals surface area contributed by atoms with E-state index in [1.54, 1.807) is 42.5 Å². The average Bonchev–Trinajstić information content (AvgIpc) is 3.30. The maximum atomic E-state index is 14.3. The molecule has 196 valence electrons. The van der Waals surface area contributed by atoms with Crippen LogP contribution < -0.4 is 5.73 Å². The lowest BCUT2D eigenvalue weighted by atomic mass is 9.76. The summed E-state index contributed by atoms with van der Waals surface area (Å²) in [5.74, 6) is -4.45. The highest BCUT2D eigenvalue weighted by molar-refractivity contribution is 6.04. The molecule has 1 saturated heterocycles. The van der Waals surface area contributed by atoms with E-state index in [1.807, 2.05) is 19.1 Å². The number of nitrogens with two attached hydrogens (primary N) is 1. The fourth-order valence-corrected chi connectivity index (χ4v) is 5.61. The molecule has 0 spiro atoms. The van der Waals surface area contributed by atoms with E-state index < -0.39 is 47.4 Å². The smallest absolute Gasteiger partial charge is 0.255 e. The molecule has 0 aliphatic carbocycles. The summed E-state index contributed by atoms with van der Waals surface area (Å²) in [6.07, 6.45) is 0. The van der Waals surface area contributed by atoms with Crippen molar-refractivity contribution < 1.29 is 23.2 Å². The number of aryl methyl sites for hydroxylation is 1. The summed E-state index contributed by atoms with van der Waals surface area (Å²) < 4.78 is 27.6. The summed E-state index contributed by atoms with van der Waals surface area (Å²) in [6.45, 7) is 1.87. The minimum atomic E-state index is -1.24. The van der Waals surface area contributed by atoms with Gasteiger partial charge in [0, 0.05) is 17.0 Å². The summed E-state index contributed by atoms with van der Waals surface area (Å²) >= 11 is 0. The van der Waals surface area contributed by atoms with Gasteiger partial charge in [-0.05, 0) is 60.5 Å². The number of amides is 2. The van der Waals surface area contributed by atoms with E-state index in [-0.39, 0.29) is 11.3 Å². The quantitative estimate of drug-likeness (QED) is 0.333. The van der Waals surface area contributed by atoms with Crippen LogP contribution in [0.4, 0.5) is 8.78 Å². The van der Waals surface area contributed by atoms with Gasteiger partial charge >= 0.3 is 0 Å². The first-order valence-electron chi connectivity index (χ1n) is 12.5. The van der Waals surface area contributed by atoms with Crippen molar-refractivity contribution in [1.29, 1.82) is 0 Å². The Morgan fingerprint density at radius 1 is 0.718 bits per heavy atom. The van der Waals surface area contributed by atoms with Crippen molar-refractivity contribution in [3.8, 4) is 0 Å². The molecule has 0 saturated carbocycles. The molecule has 1 aliphatic heterocycles. The summed E-state index contributed by atoms with van der Waals surface area (Å²) in [5.41, 5.74) is 8.55. The molecule has 1 heterocycles. The lowest BCUT2D eigenvalue weighted by Crippen LogP contribution is -2.46. The first kappa shape index (κ1) is 26.0. The Balaban J connectivity index is 1.77. The van der Waals surface area contributed by atoms with Crippen molar-refractivity contribution in [3.63, 3.8) is 0 Å². The largest absolute Gasteiger partial charge is 0.368 e. The number of rotatable bonds is 6. The van der Waals surface area contributed by atoms with Gasteiger partial charge in [0.15, 0.2) is 5.78 Å². The Morgan fingerprint density at radius 3 is 1.92 bits per heavy atom. The lowest BCUT2D eigenvalue weighted by Gasteiger charge is -2.31. The molecule has 2 N–H and O–H groups in total. The Labute approximate surface area is 224 Å². The predicted octanol–water partition coefficient (Wildman–Crippen LogP) is 5.61. The van der Waals surface area contributed by atoms with Gasteiger partial charge in [0.1, 0.15) is 17.7 Å². The van der Waals surface area contributed by atoms with Gasteiger partial charge in [0.25, 0.3) is 5.91 Å². The minimum absolute atomic E-state index is 0.144. The molecule has 5 rings (SSSR count). The van der Waals surface area contributed by atoms with Gasteiger partial charge in [-0.1, -0.05) is 66.2 Å². The normalized spacial score (nSPS) is 20.5. The molecule has 2 amide bonds. The Kier molecular flexibility index (Phi) is 7.07. The molecule has 1 fully saturated rings. The lowest BCUT2D eigenvalue weighted by molar-refractivity contribution is -0.122. The fraction of sp³-hybridized carbons (Fsp3) is 0.156. The van der Waals surface area contributed by atoms with Crippen LogP contribution in [0.1, 0.15) is 49.4 Å². The molecular weight excluding hydrogens is 498 g/mol. The van der Waals surface area contributed by atoms with Gasteiger partial charge in [-0.2, -0.15) is 0 Å².